The van der Waals surface area contributed by atoms with Crippen molar-refractivity contribution in [1.82, 2.24) is 10.2 Å². The molecule has 0 unspecified atom stereocenters. The van der Waals surface area contributed by atoms with Gasteiger partial charge in [-0.2, -0.15) is 0 Å². The maximum Gasteiger partial charge on any atom is 0.336 e. The van der Waals surface area contributed by atoms with E-state index in [1.807, 2.05) is 4.90 Å². The molecule has 8 nitrogen and oxygen atoms in total. The van der Waals surface area contributed by atoms with Crippen LogP contribution in [0.2, 0.25) is 0 Å². The molecule has 0 bridgehead atoms. The molecule has 144 valence electrons. The van der Waals surface area contributed by atoms with E-state index in [4.69, 9.17) is 9.15 Å². The lowest BCUT2D eigenvalue weighted by atomic mass is 10.1. The van der Waals surface area contributed by atoms with Crippen LogP contribution >= 0.6 is 0 Å². The molecular weight excluding hydrogens is 352 g/mol. The highest BCUT2D eigenvalue weighted by Crippen LogP contribution is 2.19. The van der Waals surface area contributed by atoms with E-state index in [1.54, 1.807) is 24.3 Å². The van der Waals surface area contributed by atoms with Gasteiger partial charge in [-0.1, -0.05) is 0 Å². The van der Waals surface area contributed by atoms with Gasteiger partial charge >= 0.3 is 11.6 Å². The molecule has 0 spiro atoms. The largest absolute Gasteiger partial charge is 0.484 e. The van der Waals surface area contributed by atoms with Crippen LogP contribution in [0.1, 0.15) is 12.8 Å². The number of carbonyl (C=O) groups is 2. The minimum Gasteiger partial charge on any atom is -0.484 e. The number of rotatable bonds is 6. The van der Waals surface area contributed by atoms with Gasteiger partial charge < -0.3 is 19.2 Å². The number of methoxy groups -OCH3 is 1. The van der Waals surface area contributed by atoms with Gasteiger partial charge in [-0.15, -0.1) is 0 Å². The van der Waals surface area contributed by atoms with Gasteiger partial charge in [0.1, 0.15) is 11.3 Å². The van der Waals surface area contributed by atoms with Gasteiger partial charge in [0.2, 0.25) is 0 Å². The first kappa shape index (κ1) is 18.9. The standard InChI is InChI=1S/C19H22N2O6/c1-25-19(24)11-21-8-6-14(7-9-21)20-17(22)12-26-15-4-2-13-3-5-18(23)27-16(13)10-15/h2-5,10,14H,6-9,11-12H2,1H3,(H,20,22). The van der Waals surface area contributed by atoms with Crippen LogP contribution in [0, 0.1) is 0 Å². The molecule has 1 fully saturated rings. The number of likely N-dealkylation sites (tertiary alicyclic amines) is 1. The number of ether oxygens (including phenoxy) is 2. The average Bonchev–Trinajstić information content (AvgIpc) is 2.67. The molecule has 1 amide bonds. The van der Waals surface area contributed by atoms with Crippen LogP contribution in [0.25, 0.3) is 11.0 Å². The molecule has 0 atom stereocenters. The number of carbonyl (C=O) groups excluding carboxylic acids is 2. The molecule has 0 aliphatic carbocycles. The molecular formula is C19H22N2O6. The third-order valence-electron chi connectivity index (χ3n) is 4.50. The second kappa shape index (κ2) is 8.68. The zero-order valence-corrected chi connectivity index (χ0v) is 15.1. The van der Waals surface area contributed by atoms with Crippen LogP contribution < -0.4 is 15.7 Å². The molecule has 1 aromatic carbocycles. The van der Waals surface area contributed by atoms with Gasteiger partial charge in [0.25, 0.3) is 5.91 Å². The summed E-state index contributed by atoms with van der Waals surface area (Å²) in [4.78, 5) is 36.7. The lowest BCUT2D eigenvalue weighted by molar-refractivity contribution is -0.142. The highest BCUT2D eigenvalue weighted by molar-refractivity contribution is 5.79. The summed E-state index contributed by atoms with van der Waals surface area (Å²) in [5.74, 6) is -0.00645. The van der Waals surface area contributed by atoms with Crippen molar-refractivity contribution in [2.24, 2.45) is 0 Å². The Morgan fingerprint density at radius 1 is 1.22 bits per heavy atom. The Hall–Kier alpha value is -2.87. The van der Waals surface area contributed by atoms with E-state index in [0.717, 1.165) is 31.3 Å². The number of hydrogen-bond donors (Lipinski definition) is 1. The number of esters is 1. The number of piperidine rings is 1. The van der Waals surface area contributed by atoms with Crippen molar-refractivity contribution in [3.8, 4) is 5.75 Å². The predicted molar refractivity (Wildman–Crippen MR) is 97.6 cm³/mol. The second-order valence-corrected chi connectivity index (χ2v) is 6.44. The van der Waals surface area contributed by atoms with Crippen LogP contribution in [0.3, 0.4) is 0 Å². The van der Waals surface area contributed by atoms with Crippen molar-refractivity contribution in [2.75, 3.05) is 33.4 Å². The van der Waals surface area contributed by atoms with Gasteiger partial charge in [-0.05, 0) is 31.0 Å². The van der Waals surface area contributed by atoms with Gasteiger partial charge in [0.15, 0.2) is 6.61 Å². The molecule has 1 aromatic heterocycles. The number of nitrogens with zero attached hydrogens (tertiary/aromatic N) is 1. The van der Waals surface area contributed by atoms with E-state index in [1.165, 1.54) is 13.2 Å². The number of amides is 1. The Morgan fingerprint density at radius 3 is 2.70 bits per heavy atom. The van der Waals surface area contributed by atoms with E-state index in [-0.39, 0.29) is 31.1 Å². The summed E-state index contributed by atoms with van der Waals surface area (Å²) in [5, 5.41) is 3.73. The topological polar surface area (TPSA) is 98.1 Å². The first-order valence-corrected chi connectivity index (χ1v) is 8.79. The molecule has 1 aliphatic heterocycles. The minimum absolute atomic E-state index is 0.0598. The summed E-state index contributed by atoms with van der Waals surface area (Å²) in [5.41, 5.74) is -0.0191. The first-order chi connectivity index (χ1) is 13.0. The minimum atomic E-state index is -0.434. The summed E-state index contributed by atoms with van der Waals surface area (Å²) >= 11 is 0. The van der Waals surface area contributed by atoms with Gasteiger partial charge in [-0.25, -0.2) is 4.79 Å². The van der Waals surface area contributed by atoms with Crippen molar-refractivity contribution in [3.63, 3.8) is 0 Å². The SMILES string of the molecule is COC(=O)CN1CCC(NC(=O)COc2ccc3ccc(=O)oc3c2)CC1. The van der Waals surface area contributed by atoms with Crippen molar-refractivity contribution in [1.29, 1.82) is 0 Å². The number of benzene rings is 1. The molecule has 0 saturated carbocycles. The van der Waals surface area contributed by atoms with Crippen molar-refractivity contribution in [2.45, 2.75) is 18.9 Å². The van der Waals surface area contributed by atoms with Crippen LogP contribution in [0.5, 0.6) is 5.75 Å². The Bertz CT molecular complexity index is 870. The summed E-state index contributed by atoms with van der Waals surface area (Å²) < 4.78 is 15.3. The highest BCUT2D eigenvalue weighted by atomic mass is 16.5. The summed E-state index contributed by atoms with van der Waals surface area (Å²) in [6.45, 7) is 1.61. The van der Waals surface area contributed by atoms with Crippen LogP contribution in [0.15, 0.2) is 39.5 Å². The smallest absolute Gasteiger partial charge is 0.336 e. The molecule has 8 heteroatoms. The average molecular weight is 374 g/mol. The Morgan fingerprint density at radius 2 is 1.96 bits per heavy atom. The fourth-order valence-corrected chi connectivity index (χ4v) is 3.03. The van der Waals surface area contributed by atoms with Crippen molar-refractivity contribution < 1.29 is 23.5 Å². The van der Waals surface area contributed by atoms with Crippen LogP contribution in [-0.4, -0.2) is 56.2 Å². The van der Waals surface area contributed by atoms with Crippen LogP contribution in [0.4, 0.5) is 0 Å². The Labute approximate surface area is 156 Å². The molecule has 2 aromatic rings. The molecule has 27 heavy (non-hydrogen) atoms. The lowest BCUT2D eigenvalue weighted by Crippen LogP contribution is -2.47. The highest BCUT2D eigenvalue weighted by Gasteiger charge is 2.22. The maximum absolute atomic E-state index is 12.1. The fraction of sp³-hybridized carbons (Fsp3) is 0.421. The third-order valence-corrected chi connectivity index (χ3v) is 4.50. The summed E-state index contributed by atoms with van der Waals surface area (Å²) in [6, 6.07) is 8.17. The Kier molecular flexibility index (Phi) is 6.08. The fourth-order valence-electron chi connectivity index (χ4n) is 3.03. The third kappa shape index (κ3) is 5.30. The second-order valence-electron chi connectivity index (χ2n) is 6.44. The Balaban J connectivity index is 1.45. The zero-order chi connectivity index (χ0) is 19.2. The van der Waals surface area contributed by atoms with Gasteiger partial charge in [0.05, 0.1) is 13.7 Å². The lowest BCUT2D eigenvalue weighted by Gasteiger charge is -2.31. The van der Waals surface area contributed by atoms with Crippen molar-refractivity contribution >= 4 is 22.8 Å². The van der Waals surface area contributed by atoms with E-state index < -0.39 is 5.63 Å². The van der Waals surface area contributed by atoms with E-state index in [9.17, 15) is 14.4 Å². The number of fused-ring (bicyclic) bond motifs is 1. The van der Waals surface area contributed by atoms with Gasteiger partial charge in [-0.3, -0.25) is 14.5 Å². The molecule has 2 heterocycles. The van der Waals surface area contributed by atoms with Crippen LogP contribution in [-0.2, 0) is 14.3 Å². The van der Waals surface area contributed by atoms with E-state index >= 15 is 0 Å². The molecule has 1 N–H and O–H groups in total. The number of hydrogen-bond acceptors (Lipinski definition) is 7. The summed E-state index contributed by atoms with van der Waals surface area (Å²) in [6.07, 6.45) is 1.54. The zero-order valence-electron chi connectivity index (χ0n) is 15.1. The summed E-state index contributed by atoms with van der Waals surface area (Å²) in [7, 11) is 1.37. The maximum atomic E-state index is 12.1. The quantitative estimate of drug-likeness (QED) is 0.593. The first-order valence-electron chi connectivity index (χ1n) is 8.79. The molecule has 1 aliphatic rings. The monoisotopic (exact) mass is 374 g/mol. The predicted octanol–water partition coefficient (Wildman–Crippen LogP) is 0.925. The molecule has 0 radical (unpaired) electrons. The molecule has 3 rings (SSSR count). The molecule has 1 saturated heterocycles. The normalized spacial score (nSPS) is 15.4. The van der Waals surface area contributed by atoms with E-state index in [0.29, 0.717) is 11.3 Å². The van der Waals surface area contributed by atoms with Gasteiger partial charge in [0, 0.05) is 36.7 Å². The number of nitrogens with one attached hydrogen (secondary N) is 1. The van der Waals surface area contributed by atoms with Crippen molar-refractivity contribution in [3.05, 3.63) is 40.8 Å². The van der Waals surface area contributed by atoms with E-state index in [2.05, 4.69) is 10.1 Å².